The number of carbonyl (C=O) groups is 6. The predicted molar refractivity (Wildman–Crippen MR) is 273 cm³/mol. The fraction of sp³-hybridized carbons (Fsp3) is 0.0847. The highest BCUT2D eigenvalue weighted by molar-refractivity contribution is 5.93. The third kappa shape index (κ3) is 14.8. The quantitative estimate of drug-likeness (QED) is 0.0514. The third-order valence-corrected chi connectivity index (χ3v) is 9.85. The Balaban J connectivity index is 0.000000264. The molecule has 12 nitrogen and oxygen atoms in total. The van der Waals surface area contributed by atoms with Gasteiger partial charge in [-0.3, -0.25) is 0 Å². The van der Waals surface area contributed by atoms with Gasteiger partial charge in [0, 0.05) is 33.9 Å². The van der Waals surface area contributed by atoms with Gasteiger partial charge < -0.3 is 28.4 Å². The highest BCUT2D eigenvalue weighted by atomic mass is 16.6. The van der Waals surface area contributed by atoms with Gasteiger partial charge in [-0.1, -0.05) is 124 Å². The molecule has 0 aliphatic heterocycles. The van der Waals surface area contributed by atoms with Crippen LogP contribution in [0.1, 0.15) is 34.6 Å². The van der Waals surface area contributed by atoms with Crippen LogP contribution in [0.3, 0.4) is 0 Å². The van der Waals surface area contributed by atoms with E-state index in [1.54, 1.807) is 74.5 Å². The summed E-state index contributed by atoms with van der Waals surface area (Å²) >= 11 is 0. The molecule has 0 radical (unpaired) electrons. The van der Waals surface area contributed by atoms with E-state index in [9.17, 15) is 28.8 Å². The molecule has 6 aromatic carbocycles. The van der Waals surface area contributed by atoms with Crippen LogP contribution in [0.5, 0.6) is 34.5 Å². The maximum absolute atomic E-state index is 12.1. The van der Waals surface area contributed by atoms with Gasteiger partial charge >= 0.3 is 35.8 Å². The standard InChI is InChI=1S/C30H26O6.C29H24O6/c1-18(2)28(31)34-25-14-11-22(12-15-25)21-7-9-23(10-8-21)24-13-16-26(35-29(32)19(3)4)27(17-24)36-30(33)20(5)6;1-6-27(30)34-26-17-23(13-16-25(26)35-29(32)19(4)5)22-9-7-20(8-10-22)21-11-14-24(15-12-21)33-28(31)18(2)3/h7-17H,1,3,5H2,2,4,6H3;6-17H,1-2,4H2,3,5H3. The number of carbonyl (C=O) groups excluding carboxylic acids is 6. The van der Waals surface area contributed by atoms with E-state index in [0.717, 1.165) is 50.6 Å². The summed E-state index contributed by atoms with van der Waals surface area (Å²) in [6, 6.07) is 39.6. The smallest absolute Gasteiger partial charge is 0.338 e. The van der Waals surface area contributed by atoms with E-state index >= 15 is 0 Å². The Kier molecular flexibility index (Phi) is 17.8. The summed E-state index contributed by atoms with van der Waals surface area (Å²) in [5.41, 5.74) is 8.31. The second kappa shape index (κ2) is 24.0. The van der Waals surface area contributed by atoms with Crippen molar-refractivity contribution in [3.05, 3.63) is 207 Å². The fourth-order valence-electron chi connectivity index (χ4n) is 5.94. The molecule has 6 aromatic rings. The van der Waals surface area contributed by atoms with E-state index in [0.29, 0.717) is 22.6 Å². The molecule has 0 aromatic heterocycles. The summed E-state index contributed by atoms with van der Waals surface area (Å²) in [5, 5.41) is 0. The minimum absolute atomic E-state index is 0.0889. The molecular weight excluding hydrogens is 901 g/mol. The highest BCUT2D eigenvalue weighted by Gasteiger charge is 2.18. The van der Waals surface area contributed by atoms with E-state index < -0.39 is 35.8 Å². The van der Waals surface area contributed by atoms with Gasteiger partial charge in [-0.2, -0.15) is 0 Å². The van der Waals surface area contributed by atoms with Crippen molar-refractivity contribution in [1.29, 1.82) is 0 Å². The van der Waals surface area contributed by atoms with Crippen LogP contribution < -0.4 is 28.4 Å². The molecule has 12 heteroatoms. The summed E-state index contributed by atoms with van der Waals surface area (Å²) < 4.78 is 31.7. The van der Waals surface area contributed by atoms with Crippen LogP contribution in [-0.2, 0) is 28.8 Å². The maximum atomic E-state index is 12.1. The van der Waals surface area contributed by atoms with Crippen molar-refractivity contribution in [1.82, 2.24) is 0 Å². The van der Waals surface area contributed by atoms with Gasteiger partial charge in [-0.15, -0.1) is 0 Å². The molecule has 0 N–H and O–H groups in total. The zero-order valence-electron chi connectivity index (χ0n) is 39.9. The van der Waals surface area contributed by atoms with Crippen molar-refractivity contribution in [2.24, 2.45) is 0 Å². The summed E-state index contributed by atoms with van der Waals surface area (Å²) in [6.07, 6.45) is 1.02. The second-order valence-corrected chi connectivity index (χ2v) is 16.0. The van der Waals surface area contributed by atoms with E-state index in [1.165, 1.54) is 20.8 Å². The number of esters is 6. The van der Waals surface area contributed by atoms with Crippen LogP contribution in [0.15, 0.2) is 207 Å². The van der Waals surface area contributed by atoms with Crippen LogP contribution >= 0.6 is 0 Å². The summed E-state index contributed by atoms with van der Waals surface area (Å²) in [6.45, 7) is 29.0. The molecule has 0 aliphatic carbocycles. The molecule has 0 atom stereocenters. The molecule has 0 heterocycles. The van der Waals surface area contributed by atoms with Crippen LogP contribution in [-0.4, -0.2) is 35.8 Å². The van der Waals surface area contributed by atoms with Gasteiger partial charge in [0.05, 0.1) is 0 Å². The summed E-state index contributed by atoms with van der Waals surface area (Å²) in [7, 11) is 0. The normalized spacial score (nSPS) is 10.2. The second-order valence-electron chi connectivity index (χ2n) is 16.0. The zero-order chi connectivity index (χ0) is 51.9. The summed E-state index contributed by atoms with van der Waals surface area (Å²) in [5.74, 6) is -2.24. The van der Waals surface area contributed by atoms with Gasteiger partial charge in [0.15, 0.2) is 23.0 Å². The number of hydrogen-bond acceptors (Lipinski definition) is 12. The van der Waals surface area contributed by atoms with Crippen LogP contribution in [0.4, 0.5) is 0 Å². The van der Waals surface area contributed by atoms with Crippen LogP contribution in [0.25, 0.3) is 44.5 Å². The molecule has 6 rings (SSSR count). The largest absolute Gasteiger partial charge is 0.423 e. The lowest BCUT2D eigenvalue weighted by molar-refractivity contribution is -0.132. The number of ether oxygens (including phenoxy) is 6. The first-order valence-electron chi connectivity index (χ1n) is 21.7. The molecule has 0 spiro atoms. The fourth-order valence-corrected chi connectivity index (χ4v) is 5.94. The summed E-state index contributed by atoms with van der Waals surface area (Å²) in [4.78, 5) is 71.2. The van der Waals surface area contributed by atoms with Crippen molar-refractivity contribution in [3.63, 3.8) is 0 Å². The van der Waals surface area contributed by atoms with Gasteiger partial charge in [-0.05, 0) is 128 Å². The molecule has 0 aliphatic rings. The highest BCUT2D eigenvalue weighted by Crippen LogP contribution is 2.36. The SMILES string of the molecule is C=C(C)C(=O)Oc1ccc(-c2ccc(-c3ccc(OC(=O)C(=C)C)c(OC(=O)C(=C)C)c3)cc2)cc1.C=CC(=O)Oc1cc(-c2ccc(-c3ccc(OC(=O)C(=C)C)cc3)cc2)ccc1OC(=O)C(=C)C. The number of hydrogen-bond donors (Lipinski definition) is 0. The Morgan fingerprint density at radius 1 is 0.310 bits per heavy atom. The molecule has 0 amide bonds. The van der Waals surface area contributed by atoms with E-state index in [2.05, 4.69) is 39.5 Å². The Bertz CT molecular complexity index is 3100. The molecule has 0 saturated carbocycles. The van der Waals surface area contributed by atoms with E-state index in [1.807, 2.05) is 72.8 Å². The first-order valence-corrected chi connectivity index (χ1v) is 21.7. The lowest BCUT2D eigenvalue weighted by Crippen LogP contribution is -2.12. The van der Waals surface area contributed by atoms with Crippen molar-refractivity contribution in [3.8, 4) is 79.0 Å². The van der Waals surface area contributed by atoms with Crippen LogP contribution in [0.2, 0.25) is 0 Å². The molecule has 358 valence electrons. The Hall–Kier alpha value is -9.42. The molecule has 0 unspecified atom stereocenters. The molecular formula is C59H50O12. The number of benzene rings is 6. The topological polar surface area (TPSA) is 158 Å². The Labute approximate surface area is 412 Å². The van der Waals surface area contributed by atoms with Crippen molar-refractivity contribution in [2.45, 2.75) is 34.6 Å². The van der Waals surface area contributed by atoms with Gasteiger partial charge in [-0.25, -0.2) is 28.8 Å². The lowest BCUT2D eigenvalue weighted by atomic mass is 10.00. The van der Waals surface area contributed by atoms with Gasteiger partial charge in [0.25, 0.3) is 0 Å². The van der Waals surface area contributed by atoms with Gasteiger partial charge in [0.1, 0.15) is 11.5 Å². The van der Waals surface area contributed by atoms with E-state index in [4.69, 9.17) is 28.4 Å². The zero-order valence-corrected chi connectivity index (χ0v) is 39.9. The maximum Gasteiger partial charge on any atom is 0.338 e. The lowest BCUT2D eigenvalue weighted by Gasteiger charge is -2.13. The molecule has 0 fully saturated rings. The first-order chi connectivity index (χ1) is 33.7. The predicted octanol–water partition coefficient (Wildman–Crippen LogP) is 12.5. The monoisotopic (exact) mass is 950 g/mol. The minimum Gasteiger partial charge on any atom is -0.423 e. The first kappa shape index (κ1) is 52.5. The van der Waals surface area contributed by atoms with Crippen molar-refractivity contribution >= 4 is 35.8 Å². The third-order valence-electron chi connectivity index (χ3n) is 9.85. The van der Waals surface area contributed by atoms with Crippen LogP contribution in [0, 0.1) is 0 Å². The van der Waals surface area contributed by atoms with Crippen molar-refractivity contribution < 1.29 is 57.2 Å². The Morgan fingerprint density at radius 2 is 0.535 bits per heavy atom. The average Bonchev–Trinajstić information content (AvgIpc) is 3.35. The van der Waals surface area contributed by atoms with Crippen molar-refractivity contribution in [2.75, 3.05) is 0 Å². The molecule has 71 heavy (non-hydrogen) atoms. The Morgan fingerprint density at radius 3 is 0.817 bits per heavy atom. The van der Waals surface area contributed by atoms with Gasteiger partial charge in [0.2, 0.25) is 0 Å². The minimum atomic E-state index is -0.678. The molecule has 0 saturated heterocycles. The van der Waals surface area contributed by atoms with E-state index in [-0.39, 0.29) is 39.7 Å². The molecule has 0 bridgehead atoms. The average molecular weight is 951 g/mol. The number of rotatable bonds is 16.